The lowest BCUT2D eigenvalue weighted by Gasteiger charge is -2.46. The predicted octanol–water partition coefficient (Wildman–Crippen LogP) is 6.05. The van der Waals surface area contributed by atoms with Gasteiger partial charge in [0.25, 0.3) is 0 Å². The van der Waals surface area contributed by atoms with Gasteiger partial charge in [0.2, 0.25) is 0 Å². The molecule has 0 aliphatic carbocycles. The Balaban J connectivity index is 1.42. The van der Waals surface area contributed by atoms with Crippen LogP contribution in [0.25, 0.3) is 10.8 Å². The maximum atomic E-state index is 13.4. The van der Waals surface area contributed by atoms with E-state index >= 15 is 0 Å². The Kier molecular flexibility index (Phi) is 6.34. The number of fused-ring (bicyclic) bond motifs is 2. The second-order valence-corrected chi connectivity index (χ2v) is 10.0. The van der Waals surface area contributed by atoms with E-state index in [1.807, 2.05) is 6.92 Å². The molecule has 1 aromatic heterocycles. The van der Waals surface area contributed by atoms with Crippen molar-refractivity contribution in [1.82, 2.24) is 15.1 Å². The summed E-state index contributed by atoms with van der Waals surface area (Å²) in [7, 11) is 2.24. The Morgan fingerprint density at radius 2 is 1.94 bits per heavy atom. The molecule has 2 aliphatic heterocycles. The third kappa shape index (κ3) is 4.68. The van der Waals surface area contributed by atoms with Gasteiger partial charge in [0.1, 0.15) is 0 Å². The quantitative estimate of drug-likeness (QED) is 0.489. The SMILES string of the molecule is Cc1c([C@@H](C)Nc2nncc3ccc(N4CCC5C(CCCN5C)C4)cc23)cccc1C(F)(F)F. The molecule has 2 fully saturated rings. The monoisotopic (exact) mass is 483 g/mol. The van der Waals surface area contributed by atoms with Gasteiger partial charge in [0.05, 0.1) is 17.8 Å². The fraction of sp³-hybridized carbons (Fsp3) is 0.481. The summed E-state index contributed by atoms with van der Waals surface area (Å²) in [4.78, 5) is 4.98. The van der Waals surface area contributed by atoms with Crippen LogP contribution in [-0.4, -0.2) is 47.8 Å². The average Bonchev–Trinajstić information content (AvgIpc) is 2.83. The Morgan fingerprint density at radius 1 is 1.11 bits per heavy atom. The normalized spacial score (nSPS) is 22.2. The summed E-state index contributed by atoms with van der Waals surface area (Å²) in [5, 5.41) is 13.7. The zero-order valence-electron chi connectivity index (χ0n) is 20.4. The number of benzene rings is 2. The van der Waals surface area contributed by atoms with Crippen LogP contribution in [0.4, 0.5) is 24.7 Å². The summed E-state index contributed by atoms with van der Waals surface area (Å²) in [6, 6.07) is 11.0. The number of likely N-dealkylation sites (tertiary alicyclic amines) is 1. The lowest BCUT2D eigenvalue weighted by molar-refractivity contribution is -0.138. The number of piperidine rings is 2. The predicted molar refractivity (Wildman–Crippen MR) is 134 cm³/mol. The molecule has 35 heavy (non-hydrogen) atoms. The van der Waals surface area contributed by atoms with Crippen LogP contribution in [0.1, 0.15) is 48.9 Å². The van der Waals surface area contributed by atoms with Crippen LogP contribution in [-0.2, 0) is 6.18 Å². The first-order chi connectivity index (χ1) is 16.7. The second kappa shape index (κ2) is 9.30. The minimum atomic E-state index is -4.38. The number of hydrogen-bond acceptors (Lipinski definition) is 5. The molecule has 3 aromatic rings. The van der Waals surface area contributed by atoms with Gasteiger partial charge in [-0.3, -0.25) is 0 Å². The number of nitrogens with one attached hydrogen (secondary N) is 1. The van der Waals surface area contributed by atoms with E-state index in [1.165, 1.54) is 32.4 Å². The Morgan fingerprint density at radius 3 is 2.74 bits per heavy atom. The van der Waals surface area contributed by atoms with Crippen LogP contribution >= 0.6 is 0 Å². The highest BCUT2D eigenvalue weighted by Gasteiger charge is 2.35. The van der Waals surface area contributed by atoms with Gasteiger partial charge >= 0.3 is 6.18 Å². The number of alkyl halides is 3. The molecule has 186 valence electrons. The van der Waals surface area contributed by atoms with Gasteiger partial charge < -0.3 is 15.1 Å². The van der Waals surface area contributed by atoms with Crippen molar-refractivity contribution >= 4 is 22.3 Å². The summed E-state index contributed by atoms with van der Waals surface area (Å²) in [6.45, 7) is 6.63. The lowest BCUT2D eigenvalue weighted by atomic mass is 9.84. The number of halogens is 3. The Bertz CT molecular complexity index is 1210. The molecule has 5 rings (SSSR count). The third-order valence-electron chi connectivity index (χ3n) is 7.86. The van der Waals surface area contributed by atoms with Gasteiger partial charge in [-0.2, -0.15) is 18.3 Å². The average molecular weight is 484 g/mol. The molecular formula is C27H32F3N5. The molecule has 5 nitrogen and oxygen atoms in total. The molecule has 0 amide bonds. The zero-order valence-corrected chi connectivity index (χ0v) is 20.4. The highest BCUT2D eigenvalue weighted by molar-refractivity contribution is 5.93. The molecule has 3 atom stereocenters. The number of hydrogen-bond donors (Lipinski definition) is 1. The molecular weight excluding hydrogens is 451 g/mol. The molecule has 2 saturated heterocycles. The van der Waals surface area contributed by atoms with Crippen molar-refractivity contribution in [2.75, 3.05) is 36.9 Å². The van der Waals surface area contributed by atoms with Crippen molar-refractivity contribution in [3.05, 3.63) is 59.3 Å². The van der Waals surface area contributed by atoms with Crippen molar-refractivity contribution in [2.45, 2.75) is 51.4 Å². The molecule has 2 aromatic carbocycles. The van der Waals surface area contributed by atoms with Crippen molar-refractivity contribution in [2.24, 2.45) is 5.92 Å². The molecule has 8 heteroatoms. The summed E-state index contributed by atoms with van der Waals surface area (Å²) >= 11 is 0. The van der Waals surface area contributed by atoms with E-state index in [9.17, 15) is 13.2 Å². The molecule has 0 spiro atoms. The maximum Gasteiger partial charge on any atom is 0.416 e. The maximum absolute atomic E-state index is 13.4. The fourth-order valence-electron chi connectivity index (χ4n) is 5.97. The molecule has 0 radical (unpaired) electrons. The lowest BCUT2D eigenvalue weighted by Crippen LogP contribution is -2.52. The van der Waals surface area contributed by atoms with Crippen LogP contribution in [0.3, 0.4) is 0 Å². The first-order valence-corrected chi connectivity index (χ1v) is 12.4. The zero-order chi connectivity index (χ0) is 24.7. The van der Waals surface area contributed by atoms with E-state index in [2.05, 4.69) is 50.6 Å². The highest BCUT2D eigenvalue weighted by atomic mass is 19.4. The standard InChI is InChI=1S/C27H32F3N5/c1-17-22(7-4-8-24(17)27(28,29)30)18(2)32-26-23-14-21(10-9-19(23)15-31-33-26)35-13-11-25-20(16-35)6-5-12-34(25)3/h4,7-10,14-15,18,20,25H,5-6,11-13,16H2,1-3H3,(H,32,33)/t18-,20?,25?/m1/s1. The first kappa shape index (κ1) is 23.9. The van der Waals surface area contributed by atoms with Crippen LogP contribution < -0.4 is 10.2 Å². The first-order valence-electron chi connectivity index (χ1n) is 12.4. The van der Waals surface area contributed by atoms with Gasteiger partial charge in [-0.05, 0) is 81.9 Å². The number of anilines is 2. The summed E-state index contributed by atoms with van der Waals surface area (Å²) in [6.07, 6.45) is 1.02. The Hall–Kier alpha value is -2.87. The van der Waals surface area contributed by atoms with Crippen molar-refractivity contribution in [1.29, 1.82) is 0 Å². The third-order valence-corrected chi connectivity index (χ3v) is 7.86. The molecule has 0 bridgehead atoms. The molecule has 2 unspecified atom stereocenters. The second-order valence-electron chi connectivity index (χ2n) is 10.0. The highest BCUT2D eigenvalue weighted by Crippen LogP contribution is 2.37. The number of rotatable bonds is 4. The van der Waals surface area contributed by atoms with Gasteiger partial charge in [-0.1, -0.05) is 18.2 Å². The van der Waals surface area contributed by atoms with Crippen molar-refractivity contribution < 1.29 is 13.2 Å². The Labute approximate surface area is 204 Å². The van der Waals surface area contributed by atoms with E-state index < -0.39 is 11.7 Å². The largest absolute Gasteiger partial charge is 0.416 e. The molecule has 1 N–H and O–H groups in total. The van der Waals surface area contributed by atoms with Crippen LogP contribution in [0.15, 0.2) is 42.6 Å². The van der Waals surface area contributed by atoms with E-state index in [-0.39, 0.29) is 11.6 Å². The van der Waals surface area contributed by atoms with Crippen LogP contribution in [0, 0.1) is 12.8 Å². The minimum Gasteiger partial charge on any atom is -0.371 e. The van der Waals surface area contributed by atoms with Crippen LogP contribution in [0.5, 0.6) is 0 Å². The fourth-order valence-corrected chi connectivity index (χ4v) is 5.97. The van der Waals surface area contributed by atoms with Crippen molar-refractivity contribution in [3.8, 4) is 0 Å². The molecule has 3 heterocycles. The smallest absolute Gasteiger partial charge is 0.371 e. The molecule has 2 aliphatic rings. The van der Waals surface area contributed by atoms with E-state index in [0.29, 0.717) is 23.3 Å². The molecule has 0 saturated carbocycles. The van der Waals surface area contributed by atoms with E-state index in [1.54, 1.807) is 12.3 Å². The number of nitrogens with zero attached hydrogens (tertiary/aromatic N) is 4. The van der Waals surface area contributed by atoms with E-state index in [4.69, 9.17) is 0 Å². The topological polar surface area (TPSA) is 44.3 Å². The number of aromatic nitrogens is 2. The van der Waals surface area contributed by atoms with Crippen LogP contribution in [0.2, 0.25) is 0 Å². The summed E-state index contributed by atoms with van der Waals surface area (Å²) in [5.74, 6) is 1.26. The summed E-state index contributed by atoms with van der Waals surface area (Å²) < 4.78 is 40.3. The van der Waals surface area contributed by atoms with E-state index in [0.717, 1.165) is 42.0 Å². The van der Waals surface area contributed by atoms with Crippen molar-refractivity contribution in [3.63, 3.8) is 0 Å². The summed E-state index contributed by atoms with van der Waals surface area (Å²) in [5.41, 5.74) is 1.38. The van der Waals surface area contributed by atoms with Gasteiger partial charge in [-0.15, -0.1) is 5.10 Å². The van der Waals surface area contributed by atoms with Gasteiger partial charge in [-0.25, -0.2) is 0 Å². The van der Waals surface area contributed by atoms with Gasteiger partial charge in [0, 0.05) is 35.6 Å². The van der Waals surface area contributed by atoms with Gasteiger partial charge in [0.15, 0.2) is 5.82 Å². The minimum absolute atomic E-state index is 0.231.